The number of halogens is 1. The van der Waals surface area contributed by atoms with Gasteiger partial charge in [-0.05, 0) is 36.0 Å². The average Bonchev–Trinajstić information content (AvgIpc) is 3.13. The lowest BCUT2D eigenvalue weighted by molar-refractivity contribution is -0.128. The number of amides is 1. The van der Waals surface area contributed by atoms with Crippen LogP contribution in [0.2, 0.25) is 0 Å². The van der Waals surface area contributed by atoms with E-state index in [9.17, 15) is 4.79 Å². The van der Waals surface area contributed by atoms with Crippen LogP contribution in [0.5, 0.6) is 0 Å². The van der Waals surface area contributed by atoms with Crippen molar-refractivity contribution in [1.82, 2.24) is 15.5 Å². The summed E-state index contributed by atoms with van der Waals surface area (Å²) in [5.74, 6) is 1.46. The maximum absolute atomic E-state index is 11.9. The molecule has 2 N–H and O–H groups in total. The van der Waals surface area contributed by atoms with Gasteiger partial charge in [-0.1, -0.05) is 61.0 Å². The first-order valence-corrected chi connectivity index (χ1v) is 10.4. The van der Waals surface area contributed by atoms with Crippen LogP contribution in [0.3, 0.4) is 0 Å². The van der Waals surface area contributed by atoms with Crippen molar-refractivity contribution in [3.8, 4) is 0 Å². The Hall–Kier alpha value is -2.09. The van der Waals surface area contributed by atoms with Crippen molar-refractivity contribution in [3.63, 3.8) is 0 Å². The zero-order valence-corrected chi connectivity index (χ0v) is 20.5. The maximum Gasteiger partial charge on any atom is 0.222 e. The maximum atomic E-state index is 11.9. The Morgan fingerprint density at radius 1 is 1.13 bits per heavy atom. The smallest absolute Gasteiger partial charge is 0.222 e. The fourth-order valence-electron chi connectivity index (χ4n) is 3.60. The Morgan fingerprint density at radius 3 is 2.53 bits per heavy atom. The van der Waals surface area contributed by atoms with E-state index < -0.39 is 0 Å². The summed E-state index contributed by atoms with van der Waals surface area (Å²) < 4.78 is 0. The highest BCUT2D eigenvalue weighted by Crippen LogP contribution is 2.16. The van der Waals surface area contributed by atoms with Gasteiger partial charge in [0.15, 0.2) is 5.96 Å². The zero-order valence-electron chi connectivity index (χ0n) is 18.1. The Morgan fingerprint density at radius 2 is 1.87 bits per heavy atom. The Balaban J connectivity index is 0.00000320. The first-order chi connectivity index (χ1) is 14.0. The van der Waals surface area contributed by atoms with Gasteiger partial charge in [-0.25, -0.2) is 0 Å². The van der Waals surface area contributed by atoms with Gasteiger partial charge in [0, 0.05) is 39.6 Å². The predicted octanol–water partition coefficient (Wildman–Crippen LogP) is 4.20. The molecule has 2 aromatic rings. The Labute approximate surface area is 197 Å². The minimum atomic E-state index is 0. The molecule has 1 saturated heterocycles. The number of benzene rings is 2. The summed E-state index contributed by atoms with van der Waals surface area (Å²) in [5.41, 5.74) is 4.96. The summed E-state index contributed by atoms with van der Waals surface area (Å²) in [6, 6.07) is 17.1. The minimum absolute atomic E-state index is 0. The number of likely N-dealkylation sites (tertiary alicyclic amines) is 1. The number of carbonyl (C=O) groups excluding carboxylic acids is 1. The normalized spacial score (nSPS) is 15.0. The van der Waals surface area contributed by atoms with Crippen molar-refractivity contribution >= 4 is 35.8 Å². The molecule has 1 aliphatic heterocycles. The highest BCUT2D eigenvalue weighted by atomic mass is 127. The molecule has 0 spiro atoms. The van der Waals surface area contributed by atoms with Crippen LogP contribution in [-0.4, -0.2) is 36.9 Å². The monoisotopic (exact) mass is 520 g/mol. The molecule has 2 aromatic carbocycles. The molecular formula is C24H33IN4O. The number of rotatable bonds is 7. The van der Waals surface area contributed by atoms with E-state index in [4.69, 9.17) is 0 Å². The predicted molar refractivity (Wildman–Crippen MR) is 134 cm³/mol. The molecule has 1 amide bonds. The van der Waals surface area contributed by atoms with E-state index in [1.54, 1.807) is 7.05 Å². The number of guanidine groups is 1. The van der Waals surface area contributed by atoms with E-state index in [-0.39, 0.29) is 29.9 Å². The van der Waals surface area contributed by atoms with E-state index in [0.717, 1.165) is 25.5 Å². The second-order valence-electron chi connectivity index (χ2n) is 7.86. The molecule has 1 fully saturated rings. The van der Waals surface area contributed by atoms with Gasteiger partial charge in [0.1, 0.15) is 0 Å². The van der Waals surface area contributed by atoms with Gasteiger partial charge in [0.25, 0.3) is 0 Å². The number of aryl methyl sites for hydroxylation is 1. The van der Waals surface area contributed by atoms with Crippen molar-refractivity contribution in [2.24, 2.45) is 4.99 Å². The highest BCUT2D eigenvalue weighted by molar-refractivity contribution is 14.0. The molecule has 1 heterocycles. The van der Waals surface area contributed by atoms with Crippen molar-refractivity contribution in [1.29, 1.82) is 0 Å². The second kappa shape index (κ2) is 11.9. The molecular weight excluding hydrogens is 487 g/mol. The third kappa shape index (κ3) is 7.00. The van der Waals surface area contributed by atoms with Crippen LogP contribution in [0.4, 0.5) is 0 Å². The number of carbonyl (C=O) groups is 1. The lowest BCUT2D eigenvalue weighted by atomic mass is 10.0. The molecule has 30 heavy (non-hydrogen) atoms. The summed E-state index contributed by atoms with van der Waals surface area (Å²) >= 11 is 0. The van der Waals surface area contributed by atoms with E-state index in [1.165, 1.54) is 22.3 Å². The summed E-state index contributed by atoms with van der Waals surface area (Å²) in [4.78, 5) is 18.1. The lowest BCUT2D eigenvalue weighted by Gasteiger charge is -2.18. The van der Waals surface area contributed by atoms with Crippen LogP contribution in [0.25, 0.3) is 0 Å². The standard InChI is InChI=1S/C24H32N4O.HI/c1-18-9-11-22(12-10-18)19(2)15-26-24(25-3)27-16-20-6-4-7-21(14-20)17-28-13-5-8-23(28)29;/h4,6-7,9-12,14,19H,5,8,13,15-17H2,1-3H3,(H2,25,26,27);1H. The van der Waals surface area contributed by atoms with Gasteiger partial charge in [0.05, 0.1) is 0 Å². The first-order valence-electron chi connectivity index (χ1n) is 10.4. The average molecular weight is 520 g/mol. The Bertz CT molecular complexity index is 851. The largest absolute Gasteiger partial charge is 0.356 e. The molecule has 0 aromatic heterocycles. The van der Waals surface area contributed by atoms with E-state index in [0.29, 0.717) is 25.4 Å². The van der Waals surface area contributed by atoms with Crippen molar-refractivity contribution < 1.29 is 4.79 Å². The van der Waals surface area contributed by atoms with Crippen LogP contribution < -0.4 is 10.6 Å². The summed E-state index contributed by atoms with van der Waals surface area (Å²) in [6.45, 7) is 7.41. The number of nitrogens with one attached hydrogen (secondary N) is 2. The topological polar surface area (TPSA) is 56.7 Å². The van der Waals surface area contributed by atoms with E-state index in [2.05, 4.69) is 78.0 Å². The fourth-order valence-corrected chi connectivity index (χ4v) is 3.60. The summed E-state index contributed by atoms with van der Waals surface area (Å²) in [6.07, 6.45) is 1.66. The van der Waals surface area contributed by atoms with Crippen molar-refractivity contribution in [2.45, 2.75) is 45.7 Å². The molecule has 1 aliphatic rings. The van der Waals surface area contributed by atoms with Gasteiger partial charge < -0.3 is 15.5 Å². The van der Waals surface area contributed by atoms with E-state index >= 15 is 0 Å². The minimum Gasteiger partial charge on any atom is -0.356 e. The van der Waals surface area contributed by atoms with Gasteiger partial charge in [-0.15, -0.1) is 24.0 Å². The van der Waals surface area contributed by atoms with Gasteiger partial charge in [0.2, 0.25) is 5.91 Å². The SMILES string of the molecule is CN=C(NCc1cccc(CN2CCCC2=O)c1)NCC(C)c1ccc(C)cc1.I. The lowest BCUT2D eigenvalue weighted by Crippen LogP contribution is -2.38. The molecule has 5 nitrogen and oxygen atoms in total. The first kappa shape index (κ1) is 24.2. The second-order valence-corrected chi connectivity index (χ2v) is 7.86. The molecule has 1 atom stereocenters. The number of aliphatic imine (C=N–C) groups is 1. The molecule has 0 saturated carbocycles. The molecule has 6 heteroatoms. The fraction of sp³-hybridized carbons (Fsp3) is 0.417. The van der Waals surface area contributed by atoms with Crippen LogP contribution in [0.15, 0.2) is 53.5 Å². The molecule has 162 valence electrons. The van der Waals surface area contributed by atoms with Crippen LogP contribution in [0, 0.1) is 6.92 Å². The zero-order chi connectivity index (χ0) is 20.6. The number of hydrogen-bond donors (Lipinski definition) is 2. The summed E-state index contributed by atoms with van der Waals surface area (Å²) in [7, 11) is 1.79. The van der Waals surface area contributed by atoms with Crippen LogP contribution in [0.1, 0.15) is 47.9 Å². The third-order valence-electron chi connectivity index (χ3n) is 5.44. The molecule has 1 unspecified atom stereocenters. The Kier molecular flexibility index (Phi) is 9.62. The summed E-state index contributed by atoms with van der Waals surface area (Å²) in [5, 5.41) is 6.81. The molecule has 0 radical (unpaired) electrons. The van der Waals surface area contributed by atoms with Crippen LogP contribution in [-0.2, 0) is 17.9 Å². The van der Waals surface area contributed by atoms with Crippen molar-refractivity contribution in [2.75, 3.05) is 20.1 Å². The molecule has 0 bridgehead atoms. The van der Waals surface area contributed by atoms with Crippen LogP contribution >= 0.6 is 24.0 Å². The number of hydrogen-bond acceptors (Lipinski definition) is 2. The quantitative estimate of drug-likeness (QED) is 0.327. The van der Waals surface area contributed by atoms with Gasteiger partial charge in [-0.2, -0.15) is 0 Å². The molecule has 3 rings (SSSR count). The third-order valence-corrected chi connectivity index (χ3v) is 5.44. The van der Waals surface area contributed by atoms with Crippen molar-refractivity contribution in [3.05, 3.63) is 70.8 Å². The highest BCUT2D eigenvalue weighted by Gasteiger charge is 2.19. The number of nitrogens with zero attached hydrogens (tertiary/aromatic N) is 2. The molecule has 0 aliphatic carbocycles. The van der Waals surface area contributed by atoms with E-state index in [1.807, 2.05) is 4.90 Å². The van der Waals surface area contributed by atoms with Gasteiger partial charge in [-0.3, -0.25) is 9.79 Å². The van der Waals surface area contributed by atoms with Gasteiger partial charge >= 0.3 is 0 Å².